The van der Waals surface area contributed by atoms with E-state index in [0.717, 1.165) is 11.3 Å². The fourth-order valence-corrected chi connectivity index (χ4v) is 3.71. The minimum Gasteiger partial charge on any atom is -0.494 e. The lowest BCUT2D eigenvalue weighted by Crippen LogP contribution is -2.51. The predicted octanol–water partition coefficient (Wildman–Crippen LogP) is 4.50. The first-order chi connectivity index (χ1) is 16.9. The summed E-state index contributed by atoms with van der Waals surface area (Å²) < 4.78 is 16.5. The van der Waals surface area contributed by atoms with Crippen molar-refractivity contribution in [3.8, 4) is 17.2 Å². The van der Waals surface area contributed by atoms with E-state index in [1.165, 1.54) is 0 Å². The predicted molar refractivity (Wildman–Crippen MR) is 136 cm³/mol. The van der Waals surface area contributed by atoms with Gasteiger partial charge in [-0.15, -0.1) is 0 Å². The van der Waals surface area contributed by atoms with E-state index in [0.29, 0.717) is 42.4 Å². The maximum Gasteiger partial charge on any atom is 0.275 e. The molecule has 0 aliphatic heterocycles. The highest BCUT2D eigenvalue weighted by molar-refractivity contribution is 5.89. The van der Waals surface area contributed by atoms with Gasteiger partial charge in [-0.25, -0.2) is 5.43 Å². The molecule has 3 N–H and O–H groups in total. The van der Waals surface area contributed by atoms with Crippen molar-refractivity contribution < 1.29 is 24.1 Å². The molecule has 0 aliphatic rings. The average Bonchev–Trinajstić information content (AvgIpc) is 2.88. The lowest BCUT2D eigenvalue weighted by molar-refractivity contribution is -0.138. The van der Waals surface area contributed by atoms with Gasteiger partial charge in [0.1, 0.15) is 17.2 Å². The van der Waals surface area contributed by atoms with Crippen molar-refractivity contribution in [2.24, 2.45) is 0 Å². The van der Waals surface area contributed by atoms with E-state index in [2.05, 4.69) is 10.9 Å². The molecule has 0 heterocycles. The summed E-state index contributed by atoms with van der Waals surface area (Å²) in [4.78, 5) is 13.5. The van der Waals surface area contributed by atoms with Crippen LogP contribution in [0.2, 0.25) is 0 Å². The average molecular weight is 479 g/mol. The van der Waals surface area contributed by atoms with Crippen LogP contribution in [-0.4, -0.2) is 30.8 Å². The maximum atomic E-state index is 13.5. The van der Waals surface area contributed by atoms with Crippen LogP contribution in [0, 0.1) is 0 Å². The van der Waals surface area contributed by atoms with E-state index in [1.54, 1.807) is 48.5 Å². The summed E-state index contributed by atoms with van der Waals surface area (Å²) in [6, 6.07) is 21.1. The van der Waals surface area contributed by atoms with E-state index < -0.39 is 11.5 Å². The fraction of sp³-hybridized carbons (Fsp3) is 0.321. The molecule has 7 heteroatoms. The van der Waals surface area contributed by atoms with Crippen LogP contribution in [-0.2, 0) is 10.4 Å². The second kappa shape index (κ2) is 12.2. The van der Waals surface area contributed by atoms with Crippen molar-refractivity contribution in [1.29, 1.82) is 0 Å². The molecule has 0 radical (unpaired) electrons. The van der Waals surface area contributed by atoms with Gasteiger partial charge in [-0.05, 0) is 80.8 Å². The molecule has 3 rings (SSSR count). The number of amides is 1. The standard InChI is InChI=1S/C28H34N2O5/c1-5-33-24-14-8-21(9-15-24)20(4)29-30-27(31)28(32,22-10-16-25(17-11-22)34-6-2)23-12-18-26(19-13-23)35-7-3/h8-20,29,32H,5-7H2,1-4H3,(H,30,31)/t20-/m0/s1. The molecule has 0 unspecified atom stereocenters. The molecule has 1 amide bonds. The Morgan fingerprint density at radius 3 is 1.49 bits per heavy atom. The van der Waals surface area contributed by atoms with Gasteiger partial charge in [-0.3, -0.25) is 10.2 Å². The third-order valence-corrected chi connectivity index (χ3v) is 5.59. The summed E-state index contributed by atoms with van der Waals surface area (Å²) in [5.74, 6) is 1.50. The van der Waals surface area contributed by atoms with Crippen LogP contribution in [0.25, 0.3) is 0 Å². The SMILES string of the molecule is CCOc1ccc([C@H](C)NNC(=O)C(O)(c2ccc(OCC)cc2)c2ccc(OCC)cc2)cc1. The Balaban J connectivity index is 1.84. The van der Waals surface area contributed by atoms with Crippen molar-refractivity contribution in [1.82, 2.24) is 10.9 Å². The lowest BCUT2D eigenvalue weighted by Gasteiger charge is -2.29. The van der Waals surface area contributed by atoms with Crippen LogP contribution >= 0.6 is 0 Å². The summed E-state index contributed by atoms with van der Waals surface area (Å²) >= 11 is 0. The molecule has 1 atom stereocenters. The Morgan fingerprint density at radius 1 is 0.743 bits per heavy atom. The first-order valence-electron chi connectivity index (χ1n) is 11.9. The van der Waals surface area contributed by atoms with Gasteiger partial charge in [0, 0.05) is 6.04 Å². The van der Waals surface area contributed by atoms with Crippen LogP contribution in [0.5, 0.6) is 17.2 Å². The number of rotatable bonds is 12. The molecule has 0 saturated heterocycles. The fourth-order valence-electron chi connectivity index (χ4n) is 3.71. The molecule has 0 bridgehead atoms. The minimum absolute atomic E-state index is 0.209. The number of hydrazine groups is 1. The van der Waals surface area contributed by atoms with Gasteiger partial charge < -0.3 is 19.3 Å². The highest BCUT2D eigenvalue weighted by atomic mass is 16.5. The minimum atomic E-state index is -1.94. The van der Waals surface area contributed by atoms with Gasteiger partial charge in [0.15, 0.2) is 5.60 Å². The summed E-state index contributed by atoms with van der Waals surface area (Å²) in [7, 11) is 0. The van der Waals surface area contributed by atoms with Gasteiger partial charge >= 0.3 is 0 Å². The Kier molecular flexibility index (Phi) is 9.11. The molecule has 7 nitrogen and oxygen atoms in total. The zero-order valence-electron chi connectivity index (χ0n) is 20.7. The number of benzene rings is 3. The second-order valence-electron chi connectivity index (χ2n) is 7.95. The van der Waals surface area contributed by atoms with Crippen LogP contribution in [0.4, 0.5) is 0 Å². The molecule has 35 heavy (non-hydrogen) atoms. The molecular weight excluding hydrogens is 444 g/mol. The van der Waals surface area contributed by atoms with Crippen molar-refractivity contribution >= 4 is 5.91 Å². The monoisotopic (exact) mass is 478 g/mol. The zero-order valence-corrected chi connectivity index (χ0v) is 20.7. The zero-order chi connectivity index (χ0) is 25.3. The van der Waals surface area contributed by atoms with E-state index in [9.17, 15) is 9.90 Å². The summed E-state index contributed by atoms with van der Waals surface area (Å²) in [6.07, 6.45) is 0. The van der Waals surface area contributed by atoms with Gasteiger partial charge in [0.05, 0.1) is 19.8 Å². The van der Waals surface area contributed by atoms with Crippen LogP contribution in [0.1, 0.15) is 50.4 Å². The topological polar surface area (TPSA) is 89.1 Å². The number of aliphatic hydroxyl groups is 1. The normalized spacial score (nSPS) is 12.0. The van der Waals surface area contributed by atoms with Crippen LogP contribution < -0.4 is 25.1 Å². The largest absolute Gasteiger partial charge is 0.494 e. The van der Waals surface area contributed by atoms with E-state index in [1.807, 2.05) is 52.0 Å². The second-order valence-corrected chi connectivity index (χ2v) is 7.95. The molecule has 0 fully saturated rings. The molecule has 0 saturated carbocycles. The first kappa shape index (κ1) is 26.1. The molecule has 0 aromatic heterocycles. The van der Waals surface area contributed by atoms with Gasteiger partial charge in [0.2, 0.25) is 0 Å². The summed E-state index contributed by atoms with van der Waals surface area (Å²) in [5.41, 5.74) is 5.56. The van der Waals surface area contributed by atoms with Crippen LogP contribution in [0.3, 0.4) is 0 Å². The Bertz CT molecular complexity index is 1020. The number of ether oxygens (including phenoxy) is 3. The quantitative estimate of drug-likeness (QED) is 0.332. The van der Waals surface area contributed by atoms with Gasteiger partial charge in [0.25, 0.3) is 5.91 Å². The molecule has 3 aromatic rings. The highest BCUT2D eigenvalue weighted by Gasteiger charge is 2.40. The Labute approximate surface area is 207 Å². The van der Waals surface area contributed by atoms with Crippen molar-refractivity contribution in [2.75, 3.05) is 19.8 Å². The third-order valence-electron chi connectivity index (χ3n) is 5.59. The number of carbonyl (C=O) groups excluding carboxylic acids is 1. The smallest absolute Gasteiger partial charge is 0.275 e. The number of carbonyl (C=O) groups is 1. The summed E-state index contributed by atoms with van der Waals surface area (Å²) in [5, 5.41) is 11.8. The highest BCUT2D eigenvalue weighted by Crippen LogP contribution is 2.32. The molecule has 0 spiro atoms. The molecule has 0 aliphatic carbocycles. The van der Waals surface area contributed by atoms with Crippen molar-refractivity contribution in [2.45, 2.75) is 39.3 Å². The number of nitrogens with one attached hydrogen (secondary N) is 2. The van der Waals surface area contributed by atoms with Crippen molar-refractivity contribution in [3.05, 3.63) is 89.5 Å². The molecule has 3 aromatic carbocycles. The molecule has 186 valence electrons. The Morgan fingerprint density at radius 2 is 1.11 bits per heavy atom. The van der Waals surface area contributed by atoms with Crippen molar-refractivity contribution in [3.63, 3.8) is 0 Å². The lowest BCUT2D eigenvalue weighted by atomic mass is 9.85. The number of hydrogen-bond acceptors (Lipinski definition) is 6. The van der Waals surface area contributed by atoms with Gasteiger partial charge in [-0.2, -0.15) is 0 Å². The summed E-state index contributed by atoms with van der Waals surface area (Å²) in [6.45, 7) is 9.29. The maximum absolute atomic E-state index is 13.5. The van der Waals surface area contributed by atoms with E-state index >= 15 is 0 Å². The molecular formula is C28H34N2O5. The van der Waals surface area contributed by atoms with Crippen LogP contribution in [0.15, 0.2) is 72.8 Å². The third kappa shape index (κ3) is 6.32. The van der Waals surface area contributed by atoms with E-state index in [-0.39, 0.29) is 6.04 Å². The first-order valence-corrected chi connectivity index (χ1v) is 11.9. The van der Waals surface area contributed by atoms with E-state index in [4.69, 9.17) is 14.2 Å². The number of hydrogen-bond donors (Lipinski definition) is 3. The van der Waals surface area contributed by atoms with Gasteiger partial charge in [-0.1, -0.05) is 36.4 Å². The Hall–Kier alpha value is -3.55.